The largest absolute Gasteiger partial charge is 0.323 e. The number of aromatic nitrogens is 2. The van der Waals surface area contributed by atoms with Crippen LogP contribution in [-0.2, 0) is 0 Å². The first-order valence-corrected chi connectivity index (χ1v) is 12.0. The zero-order valence-electron chi connectivity index (χ0n) is 21.0. The highest BCUT2D eigenvalue weighted by atomic mass is 16.2. The summed E-state index contributed by atoms with van der Waals surface area (Å²) in [5, 5.41) is 6.14. The summed E-state index contributed by atoms with van der Waals surface area (Å²) in [4.78, 5) is 22.7. The topological polar surface area (TPSA) is 66.9 Å². The first-order valence-electron chi connectivity index (χ1n) is 12.0. The summed E-state index contributed by atoms with van der Waals surface area (Å²) in [6, 6.07) is 23.8. The molecule has 178 valence electrons. The normalized spacial score (nSPS) is 11.1. The molecular weight excluding hydrogens is 432 g/mol. The van der Waals surface area contributed by atoms with Crippen molar-refractivity contribution in [2.45, 2.75) is 46.5 Å². The van der Waals surface area contributed by atoms with Gasteiger partial charge in [-0.3, -0.25) is 0 Å². The second-order valence-corrected chi connectivity index (χ2v) is 9.34. The van der Waals surface area contributed by atoms with Crippen LogP contribution in [0.5, 0.6) is 0 Å². The number of hydrogen-bond donors (Lipinski definition) is 2. The summed E-state index contributed by atoms with van der Waals surface area (Å²) in [7, 11) is 0. The van der Waals surface area contributed by atoms with Crippen molar-refractivity contribution in [3.8, 4) is 22.6 Å². The highest BCUT2D eigenvalue weighted by Gasteiger charge is 2.18. The quantitative estimate of drug-likeness (QED) is 0.304. The van der Waals surface area contributed by atoms with Gasteiger partial charge in [-0.25, -0.2) is 14.8 Å². The van der Waals surface area contributed by atoms with Crippen LogP contribution in [0, 0.1) is 6.92 Å². The van der Waals surface area contributed by atoms with Crippen molar-refractivity contribution in [2.75, 3.05) is 10.6 Å². The Hall–Kier alpha value is -3.99. The first-order chi connectivity index (χ1) is 16.8. The number of rotatable bonds is 6. The van der Waals surface area contributed by atoms with E-state index in [0.717, 1.165) is 33.5 Å². The van der Waals surface area contributed by atoms with Crippen LogP contribution < -0.4 is 10.6 Å². The van der Waals surface area contributed by atoms with Crippen molar-refractivity contribution in [1.82, 2.24) is 9.97 Å². The number of amides is 2. The molecule has 0 aliphatic carbocycles. The fourth-order valence-corrected chi connectivity index (χ4v) is 4.21. The number of carbonyl (C=O) groups excluding carboxylic acids is 1. The molecule has 0 bridgehead atoms. The molecule has 1 aromatic heterocycles. The van der Waals surface area contributed by atoms with Crippen LogP contribution in [0.1, 0.15) is 56.2 Å². The zero-order chi connectivity index (χ0) is 24.9. The van der Waals surface area contributed by atoms with E-state index in [1.54, 1.807) is 6.20 Å². The molecule has 1 heterocycles. The van der Waals surface area contributed by atoms with Crippen LogP contribution >= 0.6 is 0 Å². The van der Waals surface area contributed by atoms with Crippen LogP contribution in [0.2, 0.25) is 0 Å². The minimum absolute atomic E-state index is 0.278. The zero-order valence-corrected chi connectivity index (χ0v) is 21.0. The Morgan fingerprint density at radius 1 is 0.771 bits per heavy atom. The molecule has 0 aliphatic rings. The molecule has 0 saturated carbocycles. The van der Waals surface area contributed by atoms with Crippen LogP contribution in [-0.4, -0.2) is 16.0 Å². The van der Waals surface area contributed by atoms with Crippen molar-refractivity contribution in [3.05, 3.63) is 95.7 Å². The second-order valence-electron chi connectivity index (χ2n) is 9.34. The lowest BCUT2D eigenvalue weighted by Crippen LogP contribution is -2.22. The van der Waals surface area contributed by atoms with Crippen molar-refractivity contribution in [2.24, 2.45) is 0 Å². The fourth-order valence-electron chi connectivity index (χ4n) is 4.21. The summed E-state index contributed by atoms with van der Waals surface area (Å²) in [5.41, 5.74) is 7.29. The number of nitrogens with one attached hydrogen (secondary N) is 2. The number of anilines is 2. The van der Waals surface area contributed by atoms with E-state index in [-0.39, 0.29) is 17.9 Å². The third kappa shape index (κ3) is 5.40. The highest BCUT2D eigenvalue weighted by Crippen LogP contribution is 2.34. The number of nitrogens with zero attached hydrogens (tertiary/aromatic N) is 2. The molecule has 4 rings (SSSR count). The number of aryl methyl sites for hydroxylation is 1. The van der Waals surface area contributed by atoms with Crippen LogP contribution in [0.4, 0.5) is 16.2 Å². The summed E-state index contributed by atoms with van der Waals surface area (Å²) in [6.45, 7) is 10.6. The Balaban J connectivity index is 1.72. The number of para-hydroxylation sites is 1. The third-order valence-electron chi connectivity index (χ3n) is 6.08. The summed E-state index contributed by atoms with van der Waals surface area (Å²) >= 11 is 0. The Labute approximate surface area is 207 Å². The van der Waals surface area contributed by atoms with Crippen molar-refractivity contribution >= 4 is 17.4 Å². The van der Waals surface area contributed by atoms with Crippen molar-refractivity contribution in [1.29, 1.82) is 0 Å². The number of urea groups is 1. The molecule has 0 radical (unpaired) electrons. The van der Waals surface area contributed by atoms with E-state index in [2.05, 4.69) is 61.5 Å². The maximum atomic E-state index is 13.3. The molecule has 0 spiro atoms. The van der Waals surface area contributed by atoms with Crippen LogP contribution in [0.3, 0.4) is 0 Å². The SMILES string of the molecule is Cc1ccccc1-c1nc(-c2ccccc2)ncc1NC(=O)Nc1c(C(C)C)cccc1C(C)C. The molecule has 2 amide bonds. The Morgan fingerprint density at radius 3 is 2.03 bits per heavy atom. The smallest absolute Gasteiger partial charge is 0.307 e. The van der Waals surface area contributed by atoms with E-state index >= 15 is 0 Å². The van der Waals surface area contributed by atoms with E-state index in [4.69, 9.17) is 4.98 Å². The number of carbonyl (C=O) groups is 1. The third-order valence-corrected chi connectivity index (χ3v) is 6.08. The molecule has 5 heteroatoms. The minimum Gasteiger partial charge on any atom is -0.307 e. The fraction of sp³-hybridized carbons (Fsp3) is 0.233. The Kier molecular flexibility index (Phi) is 7.25. The molecular formula is C30H32N4O. The van der Waals surface area contributed by atoms with Gasteiger partial charge >= 0.3 is 6.03 Å². The average Bonchev–Trinajstić information content (AvgIpc) is 2.85. The van der Waals surface area contributed by atoms with Gasteiger partial charge in [-0.05, 0) is 35.4 Å². The monoisotopic (exact) mass is 464 g/mol. The summed E-state index contributed by atoms with van der Waals surface area (Å²) < 4.78 is 0. The van der Waals surface area contributed by atoms with E-state index in [1.165, 1.54) is 0 Å². The molecule has 0 aliphatic heterocycles. The van der Waals surface area contributed by atoms with Gasteiger partial charge in [0.05, 0.1) is 17.6 Å². The lowest BCUT2D eigenvalue weighted by atomic mass is 9.93. The van der Waals surface area contributed by atoms with E-state index in [0.29, 0.717) is 17.2 Å². The van der Waals surface area contributed by atoms with Gasteiger partial charge in [-0.2, -0.15) is 0 Å². The average molecular weight is 465 g/mol. The number of benzene rings is 3. The van der Waals surface area contributed by atoms with Crippen LogP contribution in [0.25, 0.3) is 22.6 Å². The molecule has 0 saturated heterocycles. The predicted molar refractivity (Wildman–Crippen MR) is 145 cm³/mol. The minimum atomic E-state index is -0.314. The maximum Gasteiger partial charge on any atom is 0.323 e. The summed E-state index contributed by atoms with van der Waals surface area (Å²) in [5.74, 6) is 1.17. The van der Waals surface area contributed by atoms with Gasteiger partial charge in [0.1, 0.15) is 0 Å². The second kappa shape index (κ2) is 10.5. The van der Waals surface area contributed by atoms with Crippen LogP contribution in [0.15, 0.2) is 79.0 Å². The molecule has 35 heavy (non-hydrogen) atoms. The van der Waals surface area contributed by atoms with Gasteiger partial charge in [0.25, 0.3) is 0 Å². The molecule has 0 fully saturated rings. The summed E-state index contributed by atoms with van der Waals surface area (Å²) in [6.07, 6.45) is 1.69. The van der Waals surface area contributed by atoms with Crippen molar-refractivity contribution in [3.63, 3.8) is 0 Å². The molecule has 0 unspecified atom stereocenters. The van der Waals surface area contributed by atoms with Crippen molar-refractivity contribution < 1.29 is 4.79 Å². The first kappa shape index (κ1) is 24.1. The molecule has 4 aromatic rings. The molecule has 2 N–H and O–H groups in total. The predicted octanol–water partition coefficient (Wildman–Crippen LogP) is 8.01. The van der Waals surface area contributed by atoms with Gasteiger partial charge < -0.3 is 10.6 Å². The van der Waals surface area contributed by atoms with Gasteiger partial charge in [-0.15, -0.1) is 0 Å². The molecule has 0 atom stereocenters. The standard InChI is InChI=1S/C30H32N4O/c1-19(2)23-16-11-17-24(20(3)4)27(23)34-30(35)32-26-18-31-29(22-13-7-6-8-14-22)33-28(26)25-15-10-9-12-21(25)5/h6-20H,1-5H3,(H2,32,34,35). The maximum absolute atomic E-state index is 13.3. The van der Waals surface area contributed by atoms with E-state index < -0.39 is 0 Å². The molecule has 5 nitrogen and oxygen atoms in total. The van der Waals surface area contributed by atoms with E-state index in [9.17, 15) is 4.79 Å². The van der Waals surface area contributed by atoms with Gasteiger partial charge in [0.15, 0.2) is 5.82 Å². The van der Waals surface area contributed by atoms with Gasteiger partial charge in [-0.1, -0.05) is 100 Å². The molecule has 3 aromatic carbocycles. The lowest BCUT2D eigenvalue weighted by molar-refractivity contribution is 0.262. The highest BCUT2D eigenvalue weighted by molar-refractivity contribution is 6.03. The number of hydrogen-bond acceptors (Lipinski definition) is 3. The Bertz CT molecular complexity index is 1300. The Morgan fingerprint density at radius 2 is 1.40 bits per heavy atom. The van der Waals surface area contributed by atoms with Gasteiger partial charge in [0, 0.05) is 16.8 Å². The van der Waals surface area contributed by atoms with Gasteiger partial charge in [0.2, 0.25) is 0 Å². The van der Waals surface area contributed by atoms with E-state index in [1.807, 2.05) is 61.5 Å². The lowest BCUT2D eigenvalue weighted by Gasteiger charge is -2.21.